The summed E-state index contributed by atoms with van der Waals surface area (Å²) < 4.78 is 7.35. The van der Waals surface area contributed by atoms with Gasteiger partial charge in [0, 0.05) is 6.54 Å². The van der Waals surface area contributed by atoms with Gasteiger partial charge in [-0.25, -0.2) is 5.43 Å². The van der Waals surface area contributed by atoms with Crippen molar-refractivity contribution in [2.75, 3.05) is 6.61 Å². The number of hydrogen-bond donors (Lipinski definition) is 2. The maximum absolute atomic E-state index is 6.28. The van der Waals surface area contributed by atoms with Crippen molar-refractivity contribution in [2.24, 2.45) is 5.84 Å². The molecule has 0 fully saturated rings. The van der Waals surface area contributed by atoms with Gasteiger partial charge in [0.1, 0.15) is 5.75 Å². The minimum absolute atomic E-state index is 0.206. The van der Waals surface area contributed by atoms with E-state index in [4.69, 9.17) is 22.2 Å². The molecule has 6 heteroatoms. The van der Waals surface area contributed by atoms with Crippen molar-refractivity contribution in [3.63, 3.8) is 0 Å². The molecule has 2 aromatic rings. The maximum atomic E-state index is 6.28. The van der Waals surface area contributed by atoms with Crippen LogP contribution in [-0.2, 0) is 6.54 Å². The van der Waals surface area contributed by atoms with Gasteiger partial charge in [-0.15, -0.1) is 0 Å². The second-order valence-corrected chi connectivity index (χ2v) is 5.11. The summed E-state index contributed by atoms with van der Waals surface area (Å²) in [6.07, 6.45) is 2.64. The highest BCUT2D eigenvalue weighted by Gasteiger charge is 2.21. The third-order valence-corrected chi connectivity index (χ3v) is 3.52. The van der Waals surface area contributed by atoms with E-state index in [1.165, 1.54) is 0 Å². The Balaban J connectivity index is 2.32. The zero-order chi connectivity index (χ0) is 15.2. The van der Waals surface area contributed by atoms with Crippen molar-refractivity contribution in [3.05, 3.63) is 46.7 Å². The van der Waals surface area contributed by atoms with Crippen molar-refractivity contribution in [2.45, 2.75) is 32.9 Å². The molecule has 1 aromatic carbocycles. The Labute approximate surface area is 130 Å². The average molecular weight is 309 g/mol. The summed E-state index contributed by atoms with van der Waals surface area (Å²) in [6.45, 7) is 5.51. The molecule has 1 atom stereocenters. The van der Waals surface area contributed by atoms with Crippen LogP contribution < -0.4 is 16.0 Å². The third-order valence-electron chi connectivity index (χ3n) is 3.23. The van der Waals surface area contributed by atoms with Crippen molar-refractivity contribution >= 4 is 11.6 Å². The SMILES string of the molecule is CCCn1ncc(Cl)c1C(NN)c1ccc(OCC)cc1. The third kappa shape index (κ3) is 3.56. The van der Waals surface area contributed by atoms with Crippen molar-refractivity contribution in [1.82, 2.24) is 15.2 Å². The fraction of sp³-hybridized carbons (Fsp3) is 0.400. The predicted molar refractivity (Wildman–Crippen MR) is 84.3 cm³/mol. The van der Waals surface area contributed by atoms with Gasteiger partial charge in [-0.1, -0.05) is 30.7 Å². The molecule has 0 spiro atoms. The second kappa shape index (κ2) is 7.45. The Bertz CT molecular complexity index is 568. The van der Waals surface area contributed by atoms with Crippen molar-refractivity contribution < 1.29 is 4.74 Å². The molecule has 2 rings (SSSR count). The number of nitrogens with zero attached hydrogens (tertiary/aromatic N) is 2. The normalized spacial score (nSPS) is 12.4. The Kier molecular flexibility index (Phi) is 5.61. The van der Waals surface area contributed by atoms with Crippen LogP contribution in [0.2, 0.25) is 5.02 Å². The number of rotatable bonds is 7. The first kappa shape index (κ1) is 15.8. The molecule has 0 radical (unpaired) electrons. The number of aromatic nitrogens is 2. The van der Waals surface area contributed by atoms with Crippen molar-refractivity contribution in [3.8, 4) is 5.75 Å². The number of benzene rings is 1. The molecule has 1 aromatic heterocycles. The molecule has 1 heterocycles. The molecule has 0 bridgehead atoms. The smallest absolute Gasteiger partial charge is 0.119 e. The van der Waals surface area contributed by atoms with Crippen LogP contribution in [-0.4, -0.2) is 16.4 Å². The van der Waals surface area contributed by atoms with Crippen LogP contribution in [0.25, 0.3) is 0 Å². The Morgan fingerprint density at radius 3 is 2.62 bits per heavy atom. The van der Waals surface area contributed by atoms with Crippen LogP contribution in [0.3, 0.4) is 0 Å². The largest absolute Gasteiger partial charge is 0.494 e. The molecule has 114 valence electrons. The molecule has 3 N–H and O–H groups in total. The van der Waals surface area contributed by atoms with E-state index < -0.39 is 0 Å². The number of aryl methyl sites for hydroxylation is 1. The predicted octanol–water partition coefficient (Wildman–Crippen LogP) is 2.90. The van der Waals surface area contributed by atoms with E-state index in [-0.39, 0.29) is 6.04 Å². The number of hydrogen-bond acceptors (Lipinski definition) is 4. The van der Waals surface area contributed by atoms with Gasteiger partial charge < -0.3 is 4.74 Å². The van der Waals surface area contributed by atoms with Gasteiger partial charge in [-0.2, -0.15) is 5.10 Å². The minimum atomic E-state index is -0.206. The van der Waals surface area contributed by atoms with Gasteiger partial charge in [0.2, 0.25) is 0 Å². The van der Waals surface area contributed by atoms with Crippen LogP contribution in [0.4, 0.5) is 0 Å². The van der Waals surface area contributed by atoms with Crippen LogP contribution >= 0.6 is 11.6 Å². The van der Waals surface area contributed by atoms with Crippen molar-refractivity contribution in [1.29, 1.82) is 0 Å². The van der Waals surface area contributed by atoms with Gasteiger partial charge in [0.25, 0.3) is 0 Å². The molecule has 1 unspecified atom stereocenters. The first-order valence-electron chi connectivity index (χ1n) is 7.11. The van der Waals surface area contributed by atoms with Crippen LogP contribution in [0.5, 0.6) is 5.75 Å². The van der Waals surface area contributed by atoms with Crippen LogP contribution in [0.15, 0.2) is 30.5 Å². The summed E-state index contributed by atoms with van der Waals surface area (Å²) in [5.41, 5.74) is 4.72. The quantitative estimate of drug-likeness (QED) is 0.610. The van der Waals surface area contributed by atoms with Gasteiger partial charge in [-0.3, -0.25) is 10.5 Å². The van der Waals surface area contributed by atoms with E-state index in [0.717, 1.165) is 30.0 Å². The number of nitrogens with one attached hydrogen (secondary N) is 1. The van der Waals surface area contributed by atoms with Gasteiger partial charge in [0.15, 0.2) is 0 Å². The Morgan fingerprint density at radius 2 is 2.05 bits per heavy atom. The molecule has 0 saturated heterocycles. The van der Waals surface area contributed by atoms with Crippen LogP contribution in [0, 0.1) is 0 Å². The molecule has 0 saturated carbocycles. The molecule has 21 heavy (non-hydrogen) atoms. The van der Waals surface area contributed by atoms with Gasteiger partial charge >= 0.3 is 0 Å². The van der Waals surface area contributed by atoms with E-state index in [9.17, 15) is 0 Å². The lowest BCUT2D eigenvalue weighted by Gasteiger charge is -2.19. The summed E-state index contributed by atoms with van der Waals surface area (Å²) in [6, 6.07) is 7.61. The Hall–Kier alpha value is -1.56. The maximum Gasteiger partial charge on any atom is 0.119 e. The van der Waals surface area contributed by atoms with Gasteiger partial charge in [0.05, 0.1) is 29.6 Å². The molecule has 0 aliphatic rings. The first-order valence-corrected chi connectivity index (χ1v) is 7.49. The lowest BCUT2D eigenvalue weighted by molar-refractivity contribution is 0.340. The molecule has 0 amide bonds. The molecule has 5 nitrogen and oxygen atoms in total. The Morgan fingerprint density at radius 1 is 1.33 bits per heavy atom. The number of nitrogens with two attached hydrogens (primary N) is 1. The topological polar surface area (TPSA) is 65.1 Å². The second-order valence-electron chi connectivity index (χ2n) is 4.70. The number of hydrazine groups is 1. The average Bonchev–Trinajstić information content (AvgIpc) is 2.84. The van der Waals surface area contributed by atoms with E-state index >= 15 is 0 Å². The van der Waals surface area contributed by atoms with E-state index in [0.29, 0.717) is 11.6 Å². The van der Waals surface area contributed by atoms with Crippen LogP contribution in [0.1, 0.15) is 37.6 Å². The summed E-state index contributed by atoms with van der Waals surface area (Å²) in [7, 11) is 0. The molecular weight excluding hydrogens is 288 g/mol. The lowest BCUT2D eigenvalue weighted by atomic mass is 10.0. The zero-order valence-electron chi connectivity index (χ0n) is 12.3. The minimum Gasteiger partial charge on any atom is -0.494 e. The zero-order valence-corrected chi connectivity index (χ0v) is 13.1. The fourth-order valence-corrected chi connectivity index (χ4v) is 2.56. The summed E-state index contributed by atoms with van der Waals surface area (Å²) in [5.74, 6) is 6.58. The fourth-order valence-electron chi connectivity index (χ4n) is 2.31. The number of ether oxygens (including phenoxy) is 1. The standard InChI is InChI=1S/C15H21ClN4O/c1-3-9-20-15(13(16)10-18-20)14(19-17)11-5-7-12(8-6-11)21-4-2/h5-8,10,14,19H,3-4,9,17H2,1-2H3. The number of halogens is 1. The lowest BCUT2D eigenvalue weighted by Crippen LogP contribution is -2.31. The molecular formula is C15H21ClN4O. The summed E-state index contributed by atoms with van der Waals surface area (Å²) >= 11 is 6.28. The van der Waals surface area contributed by atoms with E-state index in [1.54, 1.807) is 6.20 Å². The highest BCUT2D eigenvalue weighted by molar-refractivity contribution is 6.31. The molecule has 0 aliphatic heterocycles. The summed E-state index contributed by atoms with van der Waals surface area (Å²) in [4.78, 5) is 0. The molecule has 0 aliphatic carbocycles. The summed E-state index contributed by atoms with van der Waals surface area (Å²) in [5, 5.41) is 4.92. The van der Waals surface area contributed by atoms with E-state index in [2.05, 4.69) is 17.4 Å². The van der Waals surface area contributed by atoms with Gasteiger partial charge in [-0.05, 0) is 31.0 Å². The highest BCUT2D eigenvalue weighted by atomic mass is 35.5. The highest BCUT2D eigenvalue weighted by Crippen LogP contribution is 2.29. The first-order chi connectivity index (χ1) is 10.2. The van der Waals surface area contributed by atoms with E-state index in [1.807, 2.05) is 35.9 Å². The monoisotopic (exact) mass is 308 g/mol.